The maximum atomic E-state index is 12.5. The molecule has 2 rings (SSSR count). The van der Waals surface area contributed by atoms with Crippen LogP contribution in [0.15, 0.2) is 36.7 Å². The van der Waals surface area contributed by atoms with Crippen molar-refractivity contribution < 1.29 is 9.53 Å². The Morgan fingerprint density at radius 1 is 1.41 bits per heavy atom. The van der Waals surface area contributed by atoms with E-state index in [-0.39, 0.29) is 17.9 Å². The molecule has 0 aliphatic heterocycles. The second-order valence-electron chi connectivity index (χ2n) is 5.72. The van der Waals surface area contributed by atoms with Crippen LogP contribution >= 0.6 is 0 Å². The Balaban J connectivity index is 2.18. The zero-order valence-corrected chi connectivity index (χ0v) is 13.5. The van der Waals surface area contributed by atoms with Crippen molar-refractivity contribution in [3.8, 4) is 0 Å². The molecule has 1 heterocycles. The summed E-state index contributed by atoms with van der Waals surface area (Å²) in [4.78, 5) is 16.9. The van der Waals surface area contributed by atoms with Crippen molar-refractivity contribution in [2.45, 2.75) is 26.5 Å². The van der Waals surface area contributed by atoms with Gasteiger partial charge >= 0.3 is 0 Å². The molecule has 5 heteroatoms. The number of imidazole rings is 1. The number of methoxy groups -OCH3 is 1. The quantitative estimate of drug-likeness (QED) is 0.892. The first-order valence-electron chi connectivity index (χ1n) is 7.39. The smallest absolute Gasteiger partial charge is 0.251 e. The van der Waals surface area contributed by atoms with E-state index in [2.05, 4.69) is 24.1 Å². The van der Waals surface area contributed by atoms with Crippen LogP contribution in [0.5, 0.6) is 0 Å². The fourth-order valence-electron chi connectivity index (χ4n) is 2.40. The third kappa shape index (κ3) is 3.74. The number of amides is 1. The third-order valence-corrected chi connectivity index (χ3v) is 3.59. The van der Waals surface area contributed by atoms with Crippen molar-refractivity contribution >= 4 is 5.91 Å². The number of carbonyl (C=O) groups is 1. The molecule has 0 spiro atoms. The number of hydrogen-bond acceptors (Lipinski definition) is 3. The Kier molecular flexibility index (Phi) is 5.33. The van der Waals surface area contributed by atoms with Crippen molar-refractivity contribution in [1.29, 1.82) is 0 Å². The summed E-state index contributed by atoms with van der Waals surface area (Å²) in [5.74, 6) is 1.00. The van der Waals surface area contributed by atoms with Gasteiger partial charge in [-0.05, 0) is 23.6 Å². The topological polar surface area (TPSA) is 56.1 Å². The van der Waals surface area contributed by atoms with Crippen LogP contribution in [0, 0.1) is 5.92 Å². The summed E-state index contributed by atoms with van der Waals surface area (Å²) < 4.78 is 7.05. The minimum absolute atomic E-state index is 0.0975. The molecular formula is C17H23N3O2. The Morgan fingerprint density at radius 3 is 2.77 bits per heavy atom. The van der Waals surface area contributed by atoms with Crippen molar-refractivity contribution in [3.05, 3.63) is 53.6 Å². The molecule has 0 unspecified atom stereocenters. The number of nitrogens with zero attached hydrogens (tertiary/aromatic N) is 2. The molecule has 0 bridgehead atoms. The molecule has 0 saturated heterocycles. The van der Waals surface area contributed by atoms with E-state index in [0.717, 1.165) is 11.4 Å². The maximum Gasteiger partial charge on any atom is 0.251 e. The lowest BCUT2D eigenvalue weighted by atomic mass is 10.0. The summed E-state index contributed by atoms with van der Waals surface area (Å²) in [6.45, 7) is 4.63. The molecule has 2 aromatic rings. The molecule has 1 amide bonds. The zero-order valence-electron chi connectivity index (χ0n) is 13.5. The molecule has 1 aromatic carbocycles. The highest BCUT2D eigenvalue weighted by atomic mass is 16.5. The molecule has 0 aliphatic carbocycles. The number of nitrogens with one attached hydrogen (secondary N) is 1. The van der Waals surface area contributed by atoms with Crippen LogP contribution in [0.4, 0.5) is 0 Å². The van der Waals surface area contributed by atoms with Gasteiger partial charge in [0.15, 0.2) is 0 Å². The molecule has 1 atom stereocenters. The Labute approximate surface area is 131 Å². The lowest BCUT2D eigenvalue weighted by Crippen LogP contribution is -2.33. The first-order chi connectivity index (χ1) is 10.5. The van der Waals surface area contributed by atoms with Crippen molar-refractivity contribution in [2.24, 2.45) is 13.0 Å². The number of hydrogen-bond donors (Lipinski definition) is 1. The maximum absolute atomic E-state index is 12.5. The van der Waals surface area contributed by atoms with E-state index in [1.54, 1.807) is 13.3 Å². The number of benzene rings is 1. The summed E-state index contributed by atoms with van der Waals surface area (Å²) in [6, 6.07) is 7.35. The van der Waals surface area contributed by atoms with Gasteiger partial charge in [-0.2, -0.15) is 0 Å². The van der Waals surface area contributed by atoms with E-state index >= 15 is 0 Å². The van der Waals surface area contributed by atoms with Crippen LogP contribution in [0.3, 0.4) is 0 Å². The molecule has 1 N–H and O–H groups in total. The average Bonchev–Trinajstić information content (AvgIpc) is 2.91. The Morgan fingerprint density at radius 2 is 2.18 bits per heavy atom. The molecular weight excluding hydrogens is 278 g/mol. The second kappa shape index (κ2) is 7.22. The summed E-state index contributed by atoms with van der Waals surface area (Å²) in [6.07, 6.45) is 3.63. The van der Waals surface area contributed by atoms with Crippen molar-refractivity contribution in [3.63, 3.8) is 0 Å². The molecule has 0 fully saturated rings. The summed E-state index contributed by atoms with van der Waals surface area (Å²) in [5.41, 5.74) is 1.61. The molecule has 22 heavy (non-hydrogen) atoms. The van der Waals surface area contributed by atoms with E-state index in [4.69, 9.17) is 4.74 Å². The van der Waals surface area contributed by atoms with Crippen LogP contribution in [0.25, 0.3) is 0 Å². The lowest BCUT2D eigenvalue weighted by Gasteiger charge is -2.22. The van der Waals surface area contributed by atoms with Gasteiger partial charge in [0.25, 0.3) is 5.91 Å². The molecule has 5 nitrogen and oxygen atoms in total. The van der Waals surface area contributed by atoms with Gasteiger partial charge in [-0.15, -0.1) is 0 Å². The summed E-state index contributed by atoms with van der Waals surface area (Å²) >= 11 is 0. The van der Waals surface area contributed by atoms with Crippen LogP contribution in [-0.2, 0) is 18.4 Å². The number of carbonyl (C=O) groups excluding carboxylic acids is 1. The van der Waals surface area contributed by atoms with Gasteiger partial charge in [-0.3, -0.25) is 4.79 Å². The minimum atomic E-state index is -0.126. The van der Waals surface area contributed by atoms with Gasteiger partial charge in [0.1, 0.15) is 5.82 Å². The largest absolute Gasteiger partial charge is 0.380 e. The Bertz CT molecular complexity index is 634. The monoisotopic (exact) mass is 301 g/mol. The highest BCUT2D eigenvalue weighted by Crippen LogP contribution is 2.20. The van der Waals surface area contributed by atoms with E-state index in [0.29, 0.717) is 12.2 Å². The lowest BCUT2D eigenvalue weighted by molar-refractivity contribution is 0.0922. The predicted octanol–water partition coefficient (Wildman–Crippen LogP) is 2.69. The van der Waals surface area contributed by atoms with Crippen LogP contribution in [0.2, 0.25) is 0 Å². The number of rotatable bonds is 6. The summed E-state index contributed by atoms with van der Waals surface area (Å²) in [7, 11) is 3.58. The van der Waals surface area contributed by atoms with Crippen molar-refractivity contribution in [1.82, 2.24) is 14.9 Å². The van der Waals surface area contributed by atoms with E-state index in [1.165, 1.54) is 0 Å². The normalized spacial score (nSPS) is 12.4. The first-order valence-corrected chi connectivity index (χ1v) is 7.39. The second-order valence-corrected chi connectivity index (χ2v) is 5.72. The average molecular weight is 301 g/mol. The van der Waals surface area contributed by atoms with E-state index in [9.17, 15) is 4.79 Å². The zero-order chi connectivity index (χ0) is 16.1. The van der Waals surface area contributed by atoms with Gasteiger partial charge in [0.05, 0.1) is 12.6 Å². The van der Waals surface area contributed by atoms with Gasteiger partial charge in [-0.1, -0.05) is 26.0 Å². The third-order valence-electron chi connectivity index (χ3n) is 3.59. The SMILES string of the molecule is COCc1cccc(C(=O)N[C@H](c2nccn2C)C(C)C)c1. The van der Waals surface area contributed by atoms with Gasteiger partial charge < -0.3 is 14.6 Å². The standard InChI is InChI=1S/C17H23N3O2/c1-12(2)15(16-18-8-9-20(16)3)19-17(21)14-7-5-6-13(10-14)11-22-4/h5-10,12,15H,11H2,1-4H3,(H,19,21)/t15-/m0/s1. The molecule has 0 aliphatic rings. The van der Waals surface area contributed by atoms with Gasteiger partial charge in [0.2, 0.25) is 0 Å². The van der Waals surface area contributed by atoms with Crippen LogP contribution in [-0.4, -0.2) is 22.6 Å². The fraction of sp³-hybridized carbons (Fsp3) is 0.412. The molecule has 0 radical (unpaired) electrons. The van der Waals surface area contributed by atoms with Crippen LogP contribution in [0.1, 0.15) is 41.6 Å². The predicted molar refractivity (Wildman–Crippen MR) is 85.4 cm³/mol. The highest BCUT2D eigenvalue weighted by molar-refractivity contribution is 5.94. The number of ether oxygens (including phenoxy) is 1. The molecule has 118 valence electrons. The number of aryl methyl sites for hydroxylation is 1. The highest BCUT2D eigenvalue weighted by Gasteiger charge is 2.22. The number of aromatic nitrogens is 2. The Hall–Kier alpha value is -2.14. The van der Waals surface area contributed by atoms with Crippen LogP contribution < -0.4 is 5.32 Å². The summed E-state index contributed by atoms with van der Waals surface area (Å²) in [5, 5.41) is 3.08. The molecule has 1 aromatic heterocycles. The minimum Gasteiger partial charge on any atom is -0.380 e. The first kappa shape index (κ1) is 16.2. The van der Waals surface area contributed by atoms with E-state index in [1.807, 2.05) is 42.1 Å². The van der Waals surface area contributed by atoms with E-state index < -0.39 is 0 Å². The van der Waals surface area contributed by atoms with Gasteiger partial charge in [-0.25, -0.2) is 4.98 Å². The molecule has 0 saturated carbocycles. The van der Waals surface area contributed by atoms with Crippen molar-refractivity contribution in [2.75, 3.05) is 7.11 Å². The van der Waals surface area contributed by atoms with Gasteiger partial charge in [0, 0.05) is 32.1 Å². The fourth-order valence-corrected chi connectivity index (χ4v) is 2.40.